The van der Waals surface area contributed by atoms with Crippen molar-refractivity contribution in [2.75, 3.05) is 0 Å². The van der Waals surface area contributed by atoms with Crippen LogP contribution in [0, 0.1) is 15.9 Å². The van der Waals surface area contributed by atoms with E-state index in [1.165, 1.54) is 6.07 Å². The van der Waals surface area contributed by atoms with Gasteiger partial charge in [-0.15, -0.1) is 0 Å². The van der Waals surface area contributed by atoms with E-state index < -0.39 is 39.8 Å². The Kier molecular flexibility index (Phi) is 7.91. The van der Waals surface area contributed by atoms with Crippen molar-refractivity contribution in [3.05, 3.63) is 147 Å². The number of nitro groups is 1. The lowest BCUT2D eigenvalue weighted by atomic mass is 9.67. The normalized spacial score (nSPS) is 11.9. The predicted octanol–water partition coefficient (Wildman–Crippen LogP) is 5.27. The predicted molar refractivity (Wildman–Crippen MR) is 140 cm³/mol. The number of carbonyl (C=O) groups is 2. The van der Waals surface area contributed by atoms with Gasteiger partial charge in [0.1, 0.15) is 6.04 Å². The molecule has 2 N–H and O–H groups in total. The number of carboxylic acid groups (broad SMARTS) is 1. The standard InChI is InChI=1S/C30H25FN2O5/c31-25-17-16-21(19-27(25)33(37)38)18-26(29(35)36)32-28(34)20-30(22-10-4-1-5-11-22,23-12-6-2-7-13-23)24-14-8-3-9-15-24/h1-17,19,26H,18,20H2,(H,32,34)(H,35,36)/t26-/m0/s1. The van der Waals surface area contributed by atoms with Crippen molar-refractivity contribution in [2.45, 2.75) is 24.3 Å². The lowest BCUT2D eigenvalue weighted by molar-refractivity contribution is -0.387. The highest BCUT2D eigenvalue weighted by molar-refractivity contribution is 5.85. The monoisotopic (exact) mass is 512 g/mol. The number of hydrogen-bond acceptors (Lipinski definition) is 4. The molecule has 0 heterocycles. The molecule has 192 valence electrons. The number of carboxylic acids is 1. The van der Waals surface area contributed by atoms with Gasteiger partial charge in [0.15, 0.2) is 0 Å². The Morgan fingerprint density at radius 3 is 1.74 bits per heavy atom. The summed E-state index contributed by atoms with van der Waals surface area (Å²) >= 11 is 0. The zero-order valence-corrected chi connectivity index (χ0v) is 20.3. The average molecular weight is 513 g/mol. The summed E-state index contributed by atoms with van der Waals surface area (Å²) in [6.45, 7) is 0. The molecule has 0 aliphatic rings. The molecule has 0 saturated carbocycles. The third-order valence-electron chi connectivity index (χ3n) is 6.51. The SMILES string of the molecule is O=C(CC(c1ccccc1)(c1ccccc1)c1ccccc1)N[C@@H](Cc1ccc(F)c([N+](=O)[O-])c1)C(=O)O. The number of carbonyl (C=O) groups excluding carboxylic acids is 1. The van der Waals surface area contributed by atoms with Crippen LogP contribution in [0.25, 0.3) is 0 Å². The van der Waals surface area contributed by atoms with Crippen LogP contribution in [0.3, 0.4) is 0 Å². The first-order valence-corrected chi connectivity index (χ1v) is 11.9. The van der Waals surface area contributed by atoms with Gasteiger partial charge in [-0.3, -0.25) is 14.9 Å². The fraction of sp³-hybridized carbons (Fsp3) is 0.133. The van der Waals surface area contributed by atoms with Crippen LogP contribution < -0.4 is 5.32 Å². The molecule has 8 heteroatoms. The van der Waals surface area contributed by atoms with Crippen molar-refractivity contribution in [1.82, 2.24) is 5.32 Å². The van der Waals surface area contributed by atoms with Gasteiger partial charge in [-0.2, -0.15) is 4.39 Å². The molecule has 38 heavy (non-hydrogen) atoms. The van der Waals surface area contributed by atoms with E-state index in [4.69, 9.17) is 0 Å². The zero-order chi connectivity index (χ0) is 27.1. The molecule has 0 aliphatic carbocycles. The number of benzene rings is 4. The van der Waals surface area contributed by atoms with Crippen LogP contribution in [0.4, 0.5) is 10.1 Å². The Morgan fingerprint density at radius 2 is 1.32 bits per heavy atom. The number of nitrogens with one attached hydrogen (secondary N) is 1. The second-order valence-electron chi connectivity index (χ2n) is 8.89. The maximum absolute atomic E-state index is 13.8. The van der Waals surface area contributed by atoms with Gasteiger partial charge in [-0.1, -0.05) is 97.1 Å². The molecule has 0 spiro atoms. The highest BCUT2D eigenvalue weighted by atomic mass is 19.1. The topological polar surface area (TPSA) is 110 Å². The van der Waals surface area contributed by atoms with Gasteiger partial charge < -0.3 is 10.4 Å². The van der Waals surface area contributed by atoms with E-state index in [0.29, 0.717) is 0 Å². The third kappa shape index (κ3) is 5.59. The number of amides is 1. The van der Waals surface area contributed by atoms with Crippen molar-refractivity contribution in [1.29, 1.82) is 0 Å². The molecule has 0 bridgehead atoms. The molecular weight excluding hydrogens is 487 g/mol. The number of hydrogen-bond donors (Lipinski definition) is 2. The number of nitro benzene ring substituents is 1. The van der Waals surface area contributed by atoms with Gasteiger partial charge in [-0.25, -0.2) is 4.79 Å². The molecule has 1 amide bonds. The first-order valence-electron chi connectivity index (χ1n) is 11.9. The fourth-order valence-corrected chi connectivity index (χ4v) is 4.72. The second kappa shape index (κ2) is 11.5. The van der Waals surface area contributed by atoms with Crippen molar-refractivity contribution in [2.24, 2.45) is 0 Å². The molecule has 7 nitrogen and oxygen atoms in total. The van der Waals surface area contributed by atoms with Crippen LogP contribution >= 0.6 is 0 Å². The average Bonchev–Trinajstić information content (AvgIpc) is 2.93. The molecule has 1 atom stereocenters. The highest BCUT2D eigenvalue weighted by Gasteiger charge is 2.39. The molecular formula is C30H25FN2O5. The highest BCUT2D eigenvalue weighted by Crippen LogP contribution is 2.42. The summed E-state index contributed by atoms with van der Waals surface area (Å²) in [7, 11) is 0. The van der Waals surface area contributed by atoms with E-state index in [-0.39, 0.29) is 18.4 Å². The molecule has 0 fully saturated rings. The first kappa shape index (κ1) is 26.2. The molecule has 0 aromatic heterocycles. The fourth-order valence-electron chi connectivity index (χ4n) is 4.72. The molecule has 0 aliphatic heterocycles. The third-order valence-corrected chi connectivity index (χ3v) is 6.51. The molecule has 4 aromatic rings. The van der Waals surface area contributed by atoms with Crippen molar-refractivity contribution in [3.63, 3.8) is 0 Å². The van der Waals surface area contributed by atoms with E-state index >= 15 is 0 Å². The van der Waals surface area contributed by atoms with Crippen LogP contribution in [0.2, 0.25) is 0 Å². The molecule has 4 rings (SSSR count). The van der Waals surface area contributed by atoms with E-state index in [1.807, 2.05) is 91.0 Å². The van der Waals surface area contributed by atoms with Crippen LogP contribution in [-0.4, -0.2) is 27.9 Å². The van der Waals surface area contributed by atoms with Crippen molar-refractivity contribution < 1.29 is 24.0 Å². The zero-order valence-electron chi connectivity index (χ0n) is 20.3. The number of nitrogens with zero attached hydrogens (tertiary/aromatic N) is 1. The number of aliphatic carboxylic acids is 1. The summed E-state index contributed by atoms with van der Waals surface area (Å²) in [6, 6.07) is 30.3. The van der Waals surface area contributed by atoms with Gasteiger partial charge in [0.25, 0.3) is 0 Å². The van der Waals surface area contributed by atoms with E-state index in [9.17, 15) is 29.2 Å². The largest absolute Gasteiger partial charge is 0.480 e. The summed E-state index contributed by atoms with van der Waals surface area (Å²) < 4.78 is 13.8. The van der Waals surface area contributed by atoms with E-state index in [1.54, 1.807) is 0 Å². The summed E-state index contributed by atoms with van der Waals surface area (Å²) in [5, 5.41) is 23.5. The molecule has 4 aromatic carbocycles. The van der Waals surface area contributed by atoms with Gasteiger partial charge in [0.05, 0.1) is 10.3 Å². The van der Waals surface area contributed by atoms with Crippen molar-refractivity contribution in [3.8, 4) is 0 Å². The second-order valence-corrected chi connectivity index (χ2v) is 8.89. The summed E-state index contributed by atoms with van der Waals surface area (Å²) in [4.78, 5) is 35.9. The van der Waals surface area contributed by atoms with Crippen molar-refractivity contribution >= 4 is 17.6 Å². The first-order chi connectivity index (χ1) is 18.3. The van der Waals surface area contributed by atoms with Gasteiger partial charge in [0, 0.05) is 18.9 Å². The Balaban J connectivity index is 1.71. The minimum absolute atomic E-state index is 0.0988. The van der Waals surface area contributed by atoms with Crippen LogP contribution in [0.15, 0.2) is 109 Å². The lowest BCUT2D eigenvalue weighted by Crippen LogP contribution is -2.45. The Hall–Kier alpha value is -4.85. The van der Waals surface area contributed by atoms with Gasteiger partial charge in [0.2, 0.25) is 11.7 Å². The summed E-state index contributed by atoms with van der Waals surface area (Å²) in [5.74, 6) is -2.85. The lowest BCUT2D eigenvalue weighted by Gasteiger charge is -2.36. The smallest absolute Gasteiger partial charge is 0.326 e. The van der Waals surface area contributed by atoms with Crippen LogP contribution in [-0.2, 0) is 21.4 Å². The Bertz CT molecular complexity index is 1330. The van der Waals surface area contributed by atoms with E-state index in [0.717, 1.165) is 28.8 Å². The maximum Gasteiger partial charge on any atom is 0.326 e. The minimum Gasteiger partial charge on any atom is -0.480 e. The number of rotatable bonds is 10. The van der Waals surface area contributed by atoms with Gasteiger partial charge >= 0.3 is 11.7 Å². The quantitative estimate of drug-likeness (QED) is 0.171. The minimum atomic E-state index is -1.38. The Labute approximate surface area is 218 Å². The maximum atomic E-state index is 13.8. The van der Waals surface area contributed by atoms with E-state index in [2.05, 4.69) is 5.32 Å². The summed E-state index contributed by atoms with van der Waals surface area (Å²) in [5.41, 5.74) is 1.10. The van der Waals surface area contributed by atoms with Crippen LogP contribution in [0.5, 0.6) is 0 Å². The number of halogens is 1. The van der Waals surface area contributed by atoms with Crippen LogP contribution in [0.1, 0.15) is 28.7 Å². The molecule has 0 saturated heterocycles. The Morgan fingerprint density at radius 1 is 0.842 bits per heavy atom. The molecule has 0 radical (unpaired) electrons. The molecule has 0 unspecified atom stereocenters. The van der Waals surface area contributed by atoms with Gasteiger partial charge in [-0.05, 0) is 28.3 Å². The summed E-state index contributed by atoms with van der Waals surface area (Å²) in [6.07, 6.45) is -0.352.